The molecule has 0 radical (unpaired) electrons. The van der Waals surface area contributed by atoms with E-state index in [0.717, 1.165) is 24.7 Å². The zero-order chi connectivity index (χ0) is 36.8. The highest BCUT2D eigenvalue weighted by atomic mass is 28.3. The number of rotatable bonds is 8. The van der Waals surface area contributed by atoms with Gasteiger partial charge in [-0.05, 0) is 147 Å². The van der Waals surface area contributed by atoms with Gasteiger partial charge in [0.1, 0.15) is 0 Å². The second kappa shape index (κ2) is 14.9. The van der Waals surface area contributed by atoms with Gasteiger partial charge in [-0.25, -0.2) is 0 Å². The average Bonchev–Trinajstić information content (AvgIpc) is 3.41. The molecule has 9 atom stereocenters. The third kappa shape index (κ3) is 6.18. The normalized spacial score (nSPS) is 36.3. The molecule has 9 rings (SSSR count). The van der Waals surface area contributed by atoms with Crippen LogP contribution in [0, 0.1) is 40.4 Å². The molecular formula is C52H65NSi. The van der Waals surface area contributed by atoms with Crippen molar-refractivity contribution in [3.63, 3.8) is 0 Å². The molecule has 8 unspecified atom stereocenters. The number of hydrogen-bond donors (Lipinski definition) is 0. The molecule has 2 heteroatoms. The standard InChI is InChI=1S/C52H65NSi/c1-51(2)49-38-43(33-36-48(49)52(3)37-17-16-26-50(51)52)53(41-18-8-4-9-19-41)42-31-27-39(28-32-42)40-29-34-47(35-30-40)54(44-20-10-5-11-21-44,45-22-12-6-13-23-45)46-24-14-7-15-25-46/h5-6,8,10-12,16-18,20-22,24,26-27,29,31-32,34-35,37,39-41,43,48-50H,4,7,9,13-15,19,23,25,28,30,33,36,38H2,1-3H3/t39?,40?,41?,43?,48?,49?,50-,52?,54?/m0/s1. The van der Waals surface area contributed by atoms with Gasteiger partial charge in [-0.3, -0.25) is 0 Å². The highest BCUT2D eigenvalue weighted by Crippen LogP contribution is 2.67. The van der Waals surface area contributed by atoms with Crippen molar-refractivity contribution in [3.8, 4) is 0 Å². The van der Waals surface area contributed by atoms with E-state index in [1.807, 2.05) is 0 Å². The van der Waals surface area contributed by atoms with Gasteiger partial charge in [-0.2, -0.15) is 0 Å². The van der Waals surface area contributed by atoms with Crippen molar-refractivity contribution in [2.45, 2.75) is 123 Å². The van der Waals surface area contributed by atoms with Crippen molar-refractivity contribution < 1.29 is 0 Å². The molecule has 54 heavy (non-hydrogen) atoms. The summed E-state index contributed by atoms with van der Waals surface area (Å²) in [5, 5.41) is 6.73. The second-order valence-corrected chi connectivity index (χ2v) is 22.9. The number of nitrogens with zero attached hydrogens (tertiary/aromatic N) is 1. The van der Waals surface area contributed by atoms with Crippen LogP contribution in [0.5, 0.6) is 0 Å². The Labute approximate surface area is 328 Å². The van der Waals surface area contributed by atoms with E-state index in [-0.39, 0.29) is 0 Å². The molecular weight excluding hydrogens is 667 g/mol. The third-order valence-corrected chi connectivity index (χ3v) is 21.1. The maximum absolute atomic E-state index is 2.93. The van der Waals surface area contributed by atoms with Crippen LogP contribution in [-0.4, -0.2) is 25.1 Å². The molecule has 0 aromatic heterocycles. The molecule has 0 N–H and O–H groups in total. The zero-order valence-electron chi connectivity index (χ0n) is 33.5. The van der Waals surface area contributed by atoms with Crippen LogP contribution in [-0.2, 0) is 0 Å². The van der Waals surface area contributed by atoms with Gasteiger partial charge in [0, 0.05) is 17.8 Å². The molecule has 0 heterocycles. The van der Waals surface area contributed by atoms with E-state index in [9.17, 15) is 0 Å². The molecule has 8 aliphatic rings. The smallest absolute Gasteiger partial charge is 0.170 e. The van der Waals surface area contributed by atoms with Crippen LogP contribution in [0.3, 0.4) is 0 Å². The lowest BCUT2D eigenvalue weighted by molar-refractivity contribution is 0.0628. The molecule has 1 aromatic carbocycles. The molecule has 0 spiro atoms. The average molecular weight is 732 g/mol. The number of hydrogen-bond acceptors (Lipinski definition) is 1. The Morgan fingerprint density at radius 1 is 0.685 bits per heavy atom. The maximum atomic E-state index is 2.93. The third-order valence-electron chi connectivity index (χ3n) is 15.9. The Hall–Kier alpha value is -3.36. The molecule has 282 valence electrons. The maximum Gasteiger partial charge on any atom is 0.170 e. The SMILES string of the molecule is CC1(C)C2CC(N(C3=CCC(C4C=CC([Si](C5=CC=CCC5)(C5=CCCCC5)c5ccccc5)=CC4)C=C3)C3C=CCCC3)CCC2C2(C)C=CC=C[C@@H]12. The van der Waals surface area contributed by atoms with Crippen molar-refractivity contribution >= 4 is 13.3 Å². The largest absolute Gasteiger partial charge is 0.362 e. The van der Waals surface area contributed by atoms with Gasteiger partial charge in [0.25, 0.3) is 0 Å². The first-order chi connectivity index (χ1) is 26.4. The lowest BCUT2D eigenvalue weighted by atomic mass is 9.66. The minimum Gasteiger partial charge on any atom is -0.362 e. The summed E-state index contributed by atoms with van der Waals surface area (Å²) in [5.74, 6) is 3.33. The first-order valence-electron chi connectivity index (χ1n) is 22.1. The number of allylic oxidation sites excluding steroid dienone is 18. The summed E-state index contributed by atoms with van der Waals surface area (Å²) in [6.45, 7) is 7.78. The Kier molecular flexibility index (Phi) is 10.0. The van der Waals surface area contributed by atoms with Crippen LogP contribution in [0.2, 0.25) is 0 Å². The van der Waals surface area contributed by atoms with Crippen molar-refractivity contribution in [1.29, 1.82) is 0 Å². The van der Waals surface area contributed by atoms with Gasteiger partial charge in [0.2, 0.25) is 0 Å². The van der Waals surface area contributed by atoms with Gasteiger partial charge in [0.15, 0.2) is 8.07 Å². The fourth-order valence-corrected chi connectivity index (χ4v) is 18.9. The van der Waals surface area contributed by atoms with E-state index in [4.69, 9.17) is 0 Å². The summed E-state index contributed by atoms with van der Waals surface area (Å²) in [7, 11) is -2.25. The van der Waals surface area contributed by atoms with Gasteiger partial charge in [-0.1, -0.05) is 153 Å². The van der Waals surface area contributed by atoms with Crippen LogP contribution in [0.25, 0.3) is 0 Å². The topological polar surface area (TPSA) is 3.24 Å². The van der Waals surface area contributed by atoms with Gasteiger partial charge in [-0.15, -0.1) is 0 Å². The molecule has 0 saturated heterocycles. The Bertz CT molecular complexity index is 1870. The van der Waals surface area contributed by atoms with Crippen LogP contribution in [0.15, 0.2) is 149 Å². The fourth-order valence-electron chi connectivity index (χ4n) is 13.3. The van der Waals surface area contributed by atoms with Crippen molar-refractivity contribution in [2.75, 3.05) is 0 Å². The molecule has 1 aromatic rings. The summed E-state index contributed by atoms with van der Waals surface area (Å²) in [4.78, 5) is 2.93. The second-order valence-electron chi connectivity index (χ2n) is 19.0. The molecule has 2 saturated carbocycles. The van der Waals surface area contributed by atoms with E-state index in [1.165, 1.54) is 82.7 Å². The van der Waals surface area contributed by atoms with E-state index < -0.39 is 8.07 Å². The van der Waals surface area contributed by atoms with Gasteiger partial charge >= 0.3 is 0 Å². The van der Waals surface area contributed by atoms with Gasteiger partial charge < -0.3 is 4.90 Å². The quantitative estimate of drug-likeness (QED) is 0.190. The Morgan fingerprint density at radius 3 is 2.24 bits per heavy atom. The first kappa shape index (κ1) is 36.3. The molecule has 8 aliphatic carbocycles. The van der Waals surface area contributed by atoms with E-state index in [2.05, 4.69) is 153 Å². The predicted molar refractivity (Wildman–Crippen MR) is 232 cm³/mol. The summed E-state index contributed by atoms with van der Waals surface area (Å²) < 4.78 is 0. The zero-order valence-corrected chi connectivity index (χ0v) is 34.5. The molecule has 0 amide bonds. The minimum absolute atomic E-state index is 0.309. The van der Waals surface area contributed by atoms with E-state index >= 15 is 0 Å². The van der Waals surface area contributed by atoms with Crippen LogP contribution in [0.4, 0.5) is 0 Å². The van der Waals surface area contributed by atoms with E-state index in [1.54, 1.807) is 20.8 Å². The Balaban J connectivity index is 0.962. The van der Waals surface area contributed by atoms with Crippen molar-refractivity contribution in [2.24, 2.45) is 40.4 Å². The van der Waals surface area contributed by atoms with Crippen LogP contribution < -0.4 is 5.19 Å². The minimum atomic E-state index is -2.25. The number of fused-ring (bicyclic) bond motifs is 3. The fraction of sp³-hybridized carbons (Fsp3) is 0.500. The molecule has 2 fully saturated rings. The summed E-state index contributed by atoms with van der Waals surface area (Å²) in [5.41, 5.74) is 2.15. The first-order valence-corrected chi connectivity index (χ1v) is 24.1. The lowest BCUT2D eigenvalue weighted by Crippen LogP contribution is -2.55. The monoisotopic (exact) mass is 731 g/mol. The Morgan fingerprint density at radius 2 is 1.54 bits per heavy atom. The summed E-state index contributed by atoms with van der Waals surface area (Å²) >= 11 is 0. The molecule has 1 nitrogen and oxygen atoms in total. The van der Waals surface area contributed by atoms with Crippen LogP contribution >= 0.6 is 0 Å². The van der Waals surface area contributed by atoms with Crippen molar-refractivity contribution in [3.05, 3.63) is 149 Å². The highest BCUT2D eigenvalue weighted by Gasteiger charge is 2.61. The predicted octanol–water partition coefficient (Wildman–Crippen LogP) is 12.7. The van der Waals surface area contributed by atoms with E-state index in [0.29, 0.717) is 40.7 Å². The van der Waals surface area contributed by atoms with Gasteiger partial charge in [0.05, 0.1) is 0 Å². The molecule has 0 aliphatic heterocycles. The molecule has 0 bridgehead atoms. The summed E-state index contributed by atoms with van der Waals surface area (Å²) in [6.07, 6.45) is 58.3. The highest BCUT2D eigenvalue weighted by molar-refractivity contribution is 7.08. The number of benzene rings is 1. The van der Waals surface area contributed by atoms with Crippen molar-refractivity contribution in [1.82, 2.24) is 4.90 Å². The lowest BCUT2D eigenvalue weighted by Gasteiger charge is -2.48. The van der Waals surface area contributed by atoms with Crippen LogP contribution in [0.1, 0.15) is 111 Å². The summed E-state index contributed by atoms with van der Waals surface area (Å²) in [6, 6.07) is 12.9.